The van der Waals surface area contributed by atoms with Crippen LogP contribution in [-0.2, 0) is 31.5 Å². The fraction of sp³-hybridized carbons (Fsp3) is 0.517. The first kappa shape index (κ1) is 33.1. The second-order valence-corrected chi connectivity index (χ2v) is 13.7. The van der Waals surface area contributed by atoms with Crippen LogP contribution in [0.25, 0.3) is 0 Å². The summed E-state index contributed by atoms with van der Waals surface area (Å²) in [5.74, 6) is -1.41. The minimum absolute atomic E-state index is 0.00949. The molecule has 2 saturated heterocycles. The van der Waals surface area contributed by atoms with Gasteiger partial charge in [-0.15, -0.1) is 0 Å². The number of hydrogen-bond donors (Lipinski definition) is 0. The van der Waals surface area contributed by atoms with Crippen molar-refractivity contribution < 1.29 is 52.7 Å². The van der Waals surface area contributed by atoms with Crippen molar-refractivity contribution in [3.63, 3.8) is 0 Å². The maximum absolute atomic E-state index is 15.0. The molecule has 3 aliphatic rings. The van der Waals surface area contributed by atoms with Gasteiger partial charge in [0.15, 0.2) is 9.84 Å². The number of nitriles is 1. The van der Waals surface area contributed by atoms with Gasteiger partial charge >= 0.3 is 18.0 Å². The predicted octanol–water partition coefficient (Wildman–Crippen LogP) is 5.66. The summed E-state index contributed by atoms with van der Waals surface area (Å²) in [6.45, 7) is -0.284. The third kappa shape index (κ3) is 5.06. The Morgan fingerprint density at radius 1 is 1.02 bits per heavy atom. The van der Waals surface area contributed by atoms with Gasteiger partial charge in [-0.3, -0.25) is 9.69 Å². The van der Waals surface area contributed by atoms with Gasteiger partial charge in [-0.05, 0) is 54.7 Å². The van der Waals surface area contributed by atoms with E-state index in [-0.39, 0.29) is 68.9 Å². The zero-order valence-corrected chi connectivity index (χ0v) is 24.1. The first-order chi connectivity index (χ1) is 20.9. The number of hydrogen-bond acceptors (Lipinski definition) is 5. The monoisotopic (exact) mass is 667 g/mol. The molecule has 5 rings (SSSR count). The summed E-state index contributed by atoms with van der Waals surface area (Å²) in [7, 11) is -4.65. The second-order valence-electron chi connectivity index (χ2n) is 11.5. The van der Waals surface area contributed by atoms with Crippen LogP contribution in [0.3, 0.4) is 0 Å². The molecule has 2 fully saturated rings. The number of rotatable bonds is 6. The maximum atomic E-state index is 15.0. The Kier molecular flexibility index (Phi) is 8.21. The fourth-order valence-corrected chi connectivity index (χ4v) is 9.42. The molecule has 0 spiro atoms. The normalized spacial score (nSPS) is 26.0. The van der Waals surface area contributed by atoms with Gasteiger partial charge in [-0.1, -0.05) is 18.2 Å². The molecule has 4 atom stereocenters. The summed E-state index contributed by atoms with van der Waals surface area (Å²) < 4.78 is 151. The van der Waals surface area contributed by atoms with Crippen molar-refractivity contribution in [3.05, 3.63) is 65.0 Å². The van der Waals surface area contributed by atoms with Crippen LogP contribution in [0.5, 0.6) is 0 Å². The lowest BCUT2D eigenvalue weighted by atomic mass is 9.76. The number of benzene rings is 2. The molecular formula is C29H26F9N3O3S. The lowest BCUT2D eigenvalue weighted by Gasteiger charge is -2.43. The van der Waals surface area contributed by atoms with Crippen molar-refractivity contribution in [1.29, 1.82) is 5.26 Å². The van der Waals surface area contributed by atoms with Gasteiger partial charge in [0, 0.05) is 38.0 Å². The molecule has 0 unspecified atom stereocenters. The number of nitrogens with zero attached hydrogens (tertiary/aromatic N) is 3. The smallest absolute Gasteiger partial charge is 0.336 e. The van der Waals surface area contributed by atoms with Gasteiger partial charge in [-0.25, -0.2) is 21.6 Å². The van der Waals surface area contributed by atoms with Crippen molar-refractivity contribution in [2.75, 3.05) is 19.6 Å². The summed E-state index contributed by atoms with van der Waals surface area (Å²) in [4.78, 5) is 16.2. The number of carbonyl (C=O) groups is 1. The fourth-order valence-electron chi connectivity index (χ4n) is 7.05. The van der Waals surface area contributed by atoms with Crippen LogP contribution < -0.4 is 0 Å². The van der Waals surface area contributed by atoms with Crippen LogP contribution in [-0.4, -0.2) is 74.4 Å². The highest BCUT2D eigenvalue weighted by molar-refractivity contribution is 7.92. The van der Waals surface area contributed by atoms with E-state index in [4.69, 9.17) is 5.26 Å². The molecule has 2 aromatic rings. The van der Waals surface area contributed by atoms with E-state index in [2.05, 4.69) is 0 Å². The van der Waals surface area contributed by atoms with Crippen LogP contribution in [0.2, 0.25) is 0 Å². The number of alkyl halides is 8. The molecule has 1 aliphatic carbocycles. The van der Waals surface area contributed by atoms with E-state index >= 15 is 0 Å². The number of aryl methyl sites for hydroxylation is 1. The first-order valence-electron chi connectivity index (χ1n) is 13.9. The van der Waals surface area contributed by atoms with Crippen LogP contribution in [0.1, 0.15) is 42.4 Å². The highest BCUT2D eigenvalue weighted by Gasteiger charge is 2.74. The predicted molar refractivity (Wildman–Crippen MR) is 140 cm³/mol. The van der Waals surface area contributed by atoms with Crippen molar-refractivity contribution in [2.24, 2.45) is 0 Å². The van der Waals surface area contributed by atoms with Gasteiger partial charge in [0.2, 0.25) is 5.91 Å². The minimum Gasteiger partial charge on any atom is -0.336 e. The molecule has 6 nitrogen and oxygen atoms in total. The van der Waals surface area contributed by atoms with E-state index in [0.717, 1.165) is 30.3 Å². The van der Waals surface area contributed by atoms with E-state index in [1.165, 1.54) is 9.80 Å². The minimum atomic E-state index is -6.39. The molecule has 2 heterocycles. The zero-order valence-electron chi connectivity index (χ0n) is 23.3. The summed E-state index contributed by atoms with van der Waals surface area (Å²) in [5.41, 5.74) is -8.00. The SMILES string of the molecule is N#CCCN1C[C@@H](F)C[C@H]1C(=O)N1CC[C@@]2(S(=O)(=O)c3ccc(F)cc3)c3ccc(C(F)(C(F)(F)F)C(F)(F)F)cc3CC[C@@H]12. The van der Waals surface area contributed by atoms with E-state index in [9.17, 15) is 52.7 Å². The average molecular weight is 668 g/mol. The van der Waals surface area contributed by atoms with Crippen LogP contribution in [0.15, 0.2) is 47.4 Å². The number of halogens is 9. The topological polar surface area (TPSA) is 81.5 Å². The molecule has 244 valence electrons. The van der Waals surface area contributed by atoms with Crippen LogP contribution in [0, 0.1) is 17.1 Å². The van der Waals surface area contributed by atoms with Crippen molar-refractivity contribution >= 4 is 15.7 Å². The third-order valence-electron chi connectivity index (χ3n) is 9.10. The van der Waals surface area contributed by atoms with E-state index < -0.39 is 73.0 Å². The molecule has 0 saturated carbocycles. The quantitative estimate of drug-likeness (QED) is 0.294. The van der Waals surface area contributed by atoms with Crippen molar-refractivity contribution in [1.82, 2.24) is 9.80 Å². The Bertz CT molecular complexity index is 1610. The van der Waals surface area contributed by atoms with E-state index in [1.807, 2.05) is 6.07 Å². The molecule has 2 aliphatic heterocycles. The Labute approximate surface area is 252 Å². The third-order valence-corrected chi connectivity index (χ3v) is 11.6. The van der Waals surface area contributed by atoms with Crippen molar-refractivity contribution in [3.8, 4) is 6.07 Å². The van der Waals surface area contributed by atoms with Crippen LogP contribution in [0.4, 0.5) is 39.5 Å². The maximum Gasteiger partial charge on any atom is 0.435 e. The Balaban J connectivity index is 1.65. The number of fused-ring (bicyclic) bond motifs is 3. The second kappa shape index (κ2) is 11.2. The number of carbonyl (C=O) groups excluding carboxylic acids is 1. The Morgan fingerprint density at radius 2 is 1.67 bits per heavy atom. The largest absolute Gasteiger partial charge is 0.435 e. The molecule has 2 aromatic carbocycles. The molecule has 0 aromatic heterocycles. The standard InChI is InChI=1S/C29H26F9N3O3S/c30-19-4-6-21(7-5-19)45(43,44)26-10-13-41(25(42)23-15-20(31)16-40(23)12-1-11-39)24(26)9-2-17-14-18(3-8-22(17)26)27(32,28(33,34)35)29(36,37)38/h3-8,14,20,23-24H,1-2,9-10,12-13,15-16H2/t20-,23-,24+,26+/m0/s1. The highest BCUT2D eigenvalue weighted by atomic mass is 32.2. The molecule has 1 amide bonds. The number of amides is 1. The first-order valence-corrected chi connectivity index (χ1v) is 15.4. The summed E-state index contributed by atoms with van der Waals surface area (Å²) in [6.07, 6.45) is -15.3. The van der Waals surface area contributed by atoms with Gasteiger partial charge in [0.25, 0.3) is 0 Å². The molecule has 0 N–H and O–H groups in total. The highest BCUT2D eigenvalue weighted by Crippen LogP contribution is 2.57. The summed E-state index contributed by atoms with van der Waals surface area (Å²) in [6, 6.07) is 4.66. The van der Waals surface area contributed by atoms with Crippen LogP contribution >= 0.6 is 0 Å². The van der Waals surface area contributed by atoms with Gasteiger partial charge in [0.1, 0.15) is 16.7 Å². The Morgan fingerprint density at radius 3 is 2.27 bits per heavy atom. The molecule has 16 heteroatoms. The van der Waals surface area contributed by atoms with E-state index in [1.54, 1.807) is 0 Å². The van der Waals surface area contributed by atoms with Gasteiger partial charge in [0.05, 0.1) is 23.0 Å². The number of likely N-dealkylation sites (tertiary alicyclic amines) is 2. The zero-order chi connectivity index (χ0) is 33.2. The van der Waals surface area contributed by atoms with E-state index in [0.29, 0.717) is 6.07 Å². The van der Waals surface area contributed by atoms with Gasteiger partial charge < -0.3 is 4.90 Å². The number of sulfone groups is 1. The summed E-state index contributed by atoms with van der Waals surface area (Å²) in [5, 5.41) is 8.98. The molecular weight excluding hydrogens is 641 g/mol. The van der Waals surface area contributed by atoms with Crippen molar-refractivity contribution in [2.45, 2.75) is 78.0 Å². The molecule has 45 heavy (non-hydrogen) atoms. The summed E-state index contributed by atoms with van der Waals surface area (Å²) >= 11 is 0. The lowest BCUT2D eigenvalue weighted by Crippen LogP contribution is -2.55. The van der Waals surface area contributed by atoms with Gasteiger partial charge in [-0.2, -0.15) is 31.6 Å². The molecule has 0 bridgehead atoms. The average Bonchev–Trinajstić information content (AvgIpc) is 3.55. The Hall–Kier alpha value is -3.32. The lowest BCUT2D eigenvalue weighted by molar-refractivity contribution is -0.348. The molecule has 0 radical (unpaired) electrons.